The smallest absolute Gasteiger partial charge is 0.319 e. The minimum atomic E-state index is -0.494. The summed E-state index contributed by atoms with van der Waals surface area (Å²) in [4.78, 5) is 24.9. The quantitative estimate of drug-likeness (QED) is 0.608. The Morgan fingerprint density at radius 2 is 2.04 bits per heavy atom. The lowest BCUT2D eigenvalue weighted by atomic mass is 10.1. The zero-order valence-electron chi connectivity index (χ0n) is 14.4. The lowest BCUT2D eigenvalue weighted by Gasteiger charge is -2.33. The number of nitro groups is 1. The molecule has 1 aliphatic heterocycles. The van der Waals surface area contributed by atoms with Crippen LogP contribution in [0.1, 0.15) is 31.1 Å². The van der Waals surface area contributed by atoms with Gasteiger partial charge in [-0.05, 0) is 44.1 Å². The van der Waals surface area contributed by atoms with Gasteiger partial charge in [-0.1, -0.05) is 12.5 Å². The summed E-state index contributed by atoms with van der Waals surface area (Å²) in [6.45, 7) is 2.34. The van der Waals surface area contributed by atoms with E-state index in [2.05, 4.69) is 15.5 Å². The molecule has 1 atom stereocenters. The summed E-state index contributed by atoms with van der Waals surface area (Å²) >= 11 is 0. The number of hydrogen-bond donors (Lipinski definition) is 2. The molecule has 1 fully saturated rings. The first-order valence-corrected chi connectivity index (χ1v) is 8.70. The predicted octanol–water partition coefficient (Wildman–Crippen LogP) is 3.54. The van der Waals surface area contributed by atoms with Gasteiger partial charge in [-0.3, -0.25) is 15.0 Å². The van der Waals surface area contributed by atoms with Gasteiger partial charge in [0.05, 0.1) is 17.2 Å². The summed E-state index contributed by atoms with van der Waals surface area (Å²) in [5, 5.41) is 16.3. The van der Waals surface area contributed by atoms with Gasteiger partial charge in [0.15, 0.2) is 0 Å². The molecule has 0 bridgehead atoms. The number of nitrogens with zero attached hydrogens (tertiary/aromatic N) is 2. The predicted molar refractivity (Wildman–Crippen MR) is 97.0 cm³/mol. The zero-order chi connectivity index (χ0) is 18.4. The number of rotatable bonds is 6. The van der Waals surface area contributed by atoms with Crippen molar-refractivity contribution in [3.05, 3.63) is 58.5 Å². The van der Waals surface area contributed by atoms with Gasteiger partial charge >= 0.3 is 6.03 Å². The first-order chi connectivity index (χ1) is 12.6. The number of likely N-dealkylation sites (tertiary alicyclic amines) is 1. The number of nitrogens with one attached hydrogen (secondary N) is 2. The first kappa shape index (κ1) is 17.9. The van der Waals surface area contributed by atoms with Crippen molar-refractivity contribution in [3.63, 3.8) is 0 Å². The highest BCUT2D eigenvalue weighted by atomic mass is 16.6. The Balaban J connectivity index is 1.60. The molecule has 26 heavy (non-hydrogen) atoms. The molecule has 1 unspecified atom stereocenters. The van der Waals surface area contributed by atoms with Gasteiger partial charge in [0.2, 0.25) is 0 Å². The summed E-state index contributed by atoms with van der Waals surface area (Å²) in [7, 11) is 0. The number of urea groups is 1. The molecule has 2 N–H and O–H groups in total. The van der Waals surface area contributed by atoms with E-state index in [1.807, 2.05) is 12.1 Å². The second kappa shape index (κ2) is 8.48. The van der Waals surface area contributed by atoms with Crippen LogP contribution >= 0.6 is 0 Å². The van der Waals surface area contributed by atoms with Gasteiger partial charge in [-0.25, -0.2) is 4.79 Å². The Morgan fingerprint density at radius 3 is 2.73 bits per heavy atom. The number of benzene rings is 1. The maximum Gasteiger partial charge on any atom is 0.319 e. The van der Waals surface area contributed by atoms with Crippen molar-refractivity contribution >= 4 is 17.4 Å². The van der Waals surface area contributed by atoms with Crippen LogP contribution in [-0.4, -0.2) is 35.5 Å². The molecule has 0 spiro atoms. The van der Waals surface area contributed by atoms with Crippen molar-refractivity contribution in [1.29, 1.82) is 0 Å². The molecule has 8 heteroatoms. The number of furan rings is 1. The van der Waals surface area contributed by atoms with Crippen LogP contribution in [0.15, 0.2) is 47.1 Å². The molecule has 2 amide bonds. The summed E-state index contributed by atoms with van der Waals surface area (Å²) in [5.74, 6) is 0.822. The highest BCUT2D eigenvalue weighted by molar-refractivity contribution is 5.89. The Kier molecular flexibility index (Phi) is 5.85. The van der Waals surface area contributed by atoms with Crippen molar-refractivity contribution in [2.75, 3.05) is 25.0 Å². The van der Waals surface area contributed by atoms with Gasteiger partial charge in [0.25, 0.3) is 5.69 Å². The summed E-state index contributed by atoms with van der Waals surface area (Å²) in [6, 6.07) is 9.18. The molecule has 3 rings (SSSR count). The number of piperidine rings is 1. The molecule has 1 aromatic heterocycles. The minimum absolute atomic E-state index is 0.0267. The van der Waals surface area contributed by atoms with Gasteiger partial charge in [0, 0.05) is 24.4 Å². The molecule has 2 aromatic rings. The Morgan fingerprint density at radius 1 is 1.23 bits per heavy atom. The molecule has 1 saturated heterocycles. The number of non-ortho nitro benzene ring substituents is 1. The van der Waals surface area contributed by atoms with Crippen LogP contribution in [0.5, 0.6) is 0 Å². The number of anilines is 1. The van der Waals surface area contributed by atoms with Crippen LogP contribution in [0.2, 0.25) is 0 Å². The third-order valence-electron chi connectivity index (χ3n) is 4.47. The molecule has 1 aliphatic rings. The van der Waals surface area contributed by atoms with E-state index in [0.717, 1.165) is 31.7 Å². The second-order valence-corrected chi connectivity index (χ2v) is 6.27. The van der Waals surface area contributed by atoms with Crippen molar-refractivity contribution < 1.29 is 14.1 Å². The highest BCUT2D eigenvalue weighted by Gasteiger charge is 2.24. The van der Waals surface area contributed by atoms with E-state index in [0.29, 0.717) is 12.2 Å². The fourth-order valence-electron chi connectivity index (χ4n) is 3.18. The number of hydrogen-bond acceptors (Lipinski definition) is 5. The van der Waals surface area contributed by atoms with Crippen LogP contribution in [0.3, 0.4) is 0 Å². The highest BCUT2D eigenvalue weighted by Crippen LogP contribution is 2.24. The average molecular weight is 358 g/mol. The van der Waals surface area contributed by atoms with Crippen LogP contribution < -0.4 is 10.6 Å². The number of amides is 2. The molecule has 138 valence electrons. The van der Waals surface area contributed by atoms with Crippen molar-refractivity contribution in [2.24, 2.45) is 0 Å². The number of carbonyl (C=O) groups is 1. The lowest BCUT2D eigenvalue weighted by Crippen LogP contribution is -2.41. The zero-order valence-corrected chi connectivity index (χ0v) is 14.4. The normalized spacial score (nSPS) is 16.0. The van der Waals surface area contributed by atoms with E-state index in [9.17, 15) is 14.9 Å². The Hall–Kier alpha value is -2.87. The topological polar surface area (TPSA) is 101 Å². The fourth-order valence-corrected chi connectivity index (χ4v) is 3.18. The largest absolute Gasteiger partial charge is 0.468 e. The minimum Gasteiger partial charge on any atom is -0.468 e. The summed E-state index contributed by atoms with van der Waals surface area (Å²) < 4.78 is 5.55. The van der Waals surface area contributed by atoms with Gasteiger partial charge in [-0.15, -0.1) is 0 Å². The molecule has 2 heterocycles. The summed E-state index contributed by atoms with van der Waals surface area (Å²) in [6.07, 6.45) is 5.13. The monoisotopic (exact) mass is 358 g/mol. The van der Waals surface area contributed by atoms with Gasteiger partial charge in [0.1, 0.15) is 5.76 Å². The van der Waals surface area contributed by atoms with Crippen LogP contribution in [-0.2, 0) is 0 Å². The molecule has 1 aromatic carbocycles. The van der Waals surface area contributed by atoms with Crippen molar-refractivity contribution in [2.45, 2.75) is 25.3 Å². The van der Waals surface area contributed by atoms with E-state index in [1.165, 1.54) is 24.6 Å². The second-order valence-electron chi connectivity index (χ2n) is 6.27. The van der Waals surface area contributed by atoms with Crippen molar-refractivity contribution in [3.8, 4) is 0 Å². The van der Waals surface area contributed by atoms with E-state index in [1.54, 1.807) is 12.3 Å². The van der Waals surface area contributed by atoms with Crippen LogP contribution in [0.4, 0.5) is 16.2 Å². The van der Waals surface area contributed by atoms with E-state index in [4.69, 9.17) is 4.42 Å². The summed E-state index contributed by atoms with van der Waals surface area (Å²) in [5.41, 5.74) is 0.314. The van der Waals surface area contributed by atoms with E-state index >= 15 is 0 Å². The Labute approximate surface area is 151 Å². The lowest BCUT2D eigenvalue weighted by molar-refractivity contribution is -0.384. The van der Waals surface area contributed by atoms with Crippen LogP contribution in [0, 0.1) is 10.1 Å². The third-order valence-corrected chi connectivity index (χ3v) is 4.47. The van der Waals surface area contributed by atoms with E-state index < -0.39 is 11.0 Å². The number of nitro benzene ring substituents is 1. The fraction of sp³-hybridized carbons (Fsp3) is 0.389. The average Bonchev–Trinajstić information content (AvgIpc) is 3.17. The Bertz CT molecular complexity index is 741. The van der Waals surface area contributed by atoms with Gasteiger partial charge < -0.3 is 15.1 Å². The SMILES string of the molecule is O=C(NCC(c1ccco1)N1CCCCC1)Nc1cccc([N+](=O)[O-])c1. The number of carbonyl (C=O) groups excluding carboxylic acids is 1. The van der Waals surface area contributed by atoms with E-state index in [-0.39, 0.29) is 11.7 Å². The maximum absolute atomic E-state index is 12.2. The molecule has 8 nitrogen and oxygen atoms in total. The van der Waals surface area contributed by atoms with Gasteiger partial charge in [-0.2, -0.15) is 0 Å². The molecule has 0 aliphatic carbocycles. The molecule has 0 saturated carbocycles. The standard InChI is InChI=1S/C18H22N4O4/c23-18(20-14-6-4-7-15(12-14)22(24)25)19-13-16(17-8-5-11-26-17)21-9-2-1-3-10-21/h4-8,11-12,16H,1-3,9-10,13H2,(H2,19,20,23). The van der Waals surface area contributed by atoms with Crippen molar-refractivity contribution in [1.82, 2.24) is 10.2 Å². The van der Waals surface area contributed by atoms with Crippen LogP contribution in [0.25, 0.3) is 0 Å². The third kappa shape index (κ3) is 4.60. The molecule has 0 radical (unpaired) electrons. The molecular formula is C18H22N4O4. The first-order valence-electron chi connectivity index (χ1n) is 8.70. The maximum atomic E-state index is 12.2. The molecular weight excluding hydrogens is 336 g/mol.